The van der Waals surface area contributed by atoms with Gasteiger partial charge in [0.05, 0.1) is 6.61 Å². The number of rotatable bonds is 3. The van der Waals surface area contributed by atoms with Gasteiger partial charge in [0, 0.05) is 13.5 Å². The number of ether oxygens (including phenoxy) is 1. The van der Waals surface area contributed by atoms with Crippen molar-refractivity contribution < 1.29 is 14.9 Å². The molecule has 1 aromatic carbocycles. The molecule has 0 spiro atoms. The van der Waals surface area contributed by atoms with E-state index in [9.17, 15) is 10.2 Å². The molecule has 0 amide bonds. The number of hydrogen-bond acceptors (Lipinski definition) is 3. The van der Waals surface area contributed by atoms with Crippen LogP contribution in [-0.2, 0) is 11.3 Å². The number of benzene rings is 1. The second-order valence-electron chi connectivity index (χ2n) is 4.17. The van der Waals surface area contributed by atoms with Crippen molar-refractivity contribution >= 4 is 5.57 Å². The van der Waals surface area contributed by atoms with Crippen molar-refractivity contribution in [2.24, 2.45) is 0 Å². The highest BCUT2D eigenvalue weighted by molar-refractivity contribution is 5.77. The van der Waals surface area contributed by atoms with E-state index in [0.717, 1.165) is 16.7 Å². The van der Waals surface area contributed by atoms with Crippen LogP contribution in [0.1, 0.15) is 17.5 Å². The zero-order valence-corrected chi connectivity index (χ0v) is 9.76. The SMILES string of the molecule is COCc1ccccc1C1=CCC(O)(O)C=C1. The Morgan fingerprint density at radius 2 is 2.06 bits per heavy atom. The molecular formula is C14H16O3. The van der Waals surface area contributed by atoms with E-state index >= 15 is 0 Å². The first-order valence-electron chi connectivity index (χ1n) is 5.54. The quantitative estimate of drug-likeness (QED) is 0.782. The fraction of sp³-hybridized carbons (Fsp3) is 0.286. The van der Waals surface area contributed by atoms with E-state index in [0.29, 0.717) is 6.61 Å². The summed E-state index contributed by atoms with van der Waals surface area (Å²) in [5.41, 5.74) is 3.16. The Morgan fingerprint density at radius 1 is 1.29 bits per heavy atom. The molecule has 0 saturated carbocycles. The first-order valence-corrected chi connectivity index (χ1v) is 5.54. The molecule has 1 aliphatic carbocycles. The predicted molar refractivity (Wildman–Crippen MR) is 66.1 cm³/mol. The van der Waals surface area contributed by atoms with E-state index in [4.69, 9.17) is 4.74 Å². The molecule has 17 heavy (non-hydrogen) atoms. The molecule has 1 aliphatic rings. The van der Waals surface area contributed by atoms with E-state index < -0.39 is 5.79 Å². The van der Waals surface area contributed by atoms with Gasteiger partial charge in [-0.2, -0.15) is 0 Å². The van der Waals surface area contributed by atoms with Crippen molar-refractivity contribution in [2.45, 2.75) is 18.8 Å². The molecule has 0 heterocycles. The highest BCUT2D eigenvalue weighted by Crippen LogP contribution is 2.27. The fourth-order valence-corrected chi connectivity index (χ4v) is 1.90. The number of aliphatic hydroxyl groups is 2. The van der Waals surface area contributed by atoms with Crippen LogP contribution >= 0.6 is 0 Å². The molecule has 3 nitrogen and oxygen atoms in total. The zero-order chi connectivity index (χ0) is 12.3. The molecule has 90 valence electrons. The molecule has 0 radical (unpaired) electrons. The van der Waals surface area contributed by atoms with Gasteiger partial charge in [0.2, 0.25) is 0 Å². The van der Waals surface area contributed by atoms with Gasteiger partial charge in [0.25, 0.3) is 0 Å². The second-order valence-corrected chi connectivity index (χ2v) is 4.17. The average Bonchev–Trinajstić information content (AvgIpc) is 2.31. The van der Waals surface area contributed by atoms with Gasteiger partial charge in [-0.25, -0.2) is 0 Å². The van der Waals surface area contributed by atoms with Gasteiger partial charge in [-0.3, -0.25) is 0 Å². The Bertz CT molecular complexity index is 458. The lowest BCUT2D eigenvalue weighted by Crippen LogP contribution is -2.25. The Labute approximate surface area is 101 Å². The molecule has 2 N–H and O–H groups in total. The molecule has 3 heteroatoms. The maximum atomic E-state index is 9.41. The van der Waals surface area contributed by atoms with Gasteiger partial charge >= 0.3 is 0 Å². The van der Waals surface area contributed by atoms with Crippen molar-refractivity contribution in [1.82, 2.24) is 0 Å². The van der Waals surface area contributed by atoms with Crippen LogP contribution in [0.5, 0.6) is 0 Å². The third-order valence-corrected chi connectivity index (χ3v) is 2.78. The number of allylic oxidation sites excluding steroid dienone is 2. The first kappa shape index (κ1) is 12.0. The minimum atomic E-state index is -1.71. The highest BCUT2D eigenvalue weighted by Gasteiger charge is 2.21. The van der Waals surface area contributed by atoms with Crippen molar-refractivity contribution in [3.05, 3.63) is 53.6 Å². The summed E-state index contributed by atoms with van der Waals surface area (Å²) in [5.74, 6) is -1.71. The number of methoxy groups -OCH3 is 1. The Kier molecular flexibility index (Phi) is 3.43. The minimum absolute atomic E-state index is 0.208. The largest absolute Gasteiger partial charge is 0.380 e. The average molecular weight is 232 g/mol. The van der Waals surface area contributed by atoms with Crippen LogP contribution in [0.3, 0.4) is 0 Å². The van der Waals surface area contributed by atoms with Crippen molar-refractivity contribution in [1.29, 1.82) is 0 Å². The van der Waals surface area contributed by atoms with Gasteiger partial charge in [-0.15, -0.1) is 0 Å². The third kappa shape index (κ3) is 2.82. The summed E-state index contributed by atoms with van der Waals surface area (Å²) in [7, 11) is 1.66. The van der Waals surface area contributed by atoms with E-state index in [1.807, 2.05) is 30.3 Å². The van der Waals surface area contributed by atoms with Gasteiger partial charge in [0.15, 0.2) is 5.79 Å². The zero-order valence-electron chi connectivity index (χ0n) is 9.76. The van der Waals surface area contributed by atoms with E-state index in [1.54, 1.807) is 13.2 Å². The maximum Gasteiger partial charge on any atom is 0.186 e. The van der Waals surface area contributed by atoms with Crippen molar-refractivity contribution in [3.63, 3.8) is 0 Å². The molecule has 0 unspecified atom stereocenters. The van der Waals surface area contributed by atoms with Crippen LogP contribution < -0.4 is 0 Å². The summed E-state index contributed by atoms with van der Waals surface area (Å²) in [6.45, 7) is 0.546. The van der Waals surface area contributed by atoms with Gasteiger partial charge in [0.1, 0.15) is 0 Å². The van der Waals surface area contributed by atoms with E-state index in [2.05, 4.69) is 0 Å². The Balaban J connectivity index is 2.30. The summed E-state index contributed by atoms with van der Waals surface area (Å²) in [4.78, 5) is 0. The molecule has 0 aromatic heterocycles. The molecule has 0 saturated heterocycles. The van der Waals surface area contributed by atoms with E-state index in [-0.39, 0.29) is 6.42 Å². The van der Waals surface area contributed by atoms with Crippen LogP contribution in [-0.4, -0.2) is 23.1 Å². The first-order chi connectivity index (χ1) is 8.12. The molecule has 0 bridgehead atoms. The lowest BCUT2D eigenvalue weighted by molar-refractivity contribution is -0.114. The molecule has 0 fully saturated rings. The van der Waals surface area contributed by atoms with Crippen molar-refractivity contribution in [3.8, 4) is 0 Å². The Morgan fingerprint density at radius 3 is 2.71 bits per heavy atom. The second kappa shape index (κ2) is 4.84. The standard InChI is InChI=1S/C14H16O3/c1-17-10-12-4-2-3-5-13(12)11-6-8-14(15,16)9-7-11/h2-8,15-16H,9-10H2,1H3. The lowest BCUT2D eigenvalue weighted by Gasteiger charge is -2.21. The van der Waals surface area contributed by atoms with Crippen LogP contribution in [0.15, 0.2) is 42.5 Å². The van der Waals surface area contributed by atoms with Gasteiger partial charge < -0.3 is 14.9 Å². The summed E-state index contributed by atoms with van der Waals surface area (Å²) in [6.07, 6.45) is 5.18. The normalized spacial score (nSPS) is 17.9. The maximum absolute atomic E-state index is 9.41. The summed E-state index contributed by atoms with van der Waals surface area (Å²) < 4.78 is 5.15. The Hall–Kier alpha value is -1.42. The summed E-state index contributed by atoms with van der Waals surface area (Å²) in [5, 5.41) is 18.8. The highest BCUT2D eigenvalue weighted by atomic mass is 16.5. The van der Waals surface area contributed by atoms with E-state index in [1.165, 1.54) is 6.08 Å². The molecular weight excluding hydrogens is 216 g/mol. The molecule has 1 aromatic rings. The predicted octanol–water partition coefficient (Wildman–Crippen LogP) is 1.86. The van der Waals surface area contributed by atoms with Crippen LogP contribution in [0, 0.1) is 0 Å². The summed E-state index contributed by atoms with van der Waals surface area (Å²) >= 11 is 0. The van der Waals surface area contributed by atoms with Gasteiger partial charge in [-0.05, 0) is 22.8 Å². The minimum Gasteiger partial charge on any atom is -0.380 e. The van der Waals surface area contributed by atoms with Crippen LogP contribution in [0.25, 0.3) is 5.57 Å². The van der Waals surface area contributed by atoms with Crippen LogP contribution in [0.4, 0.5) is 0 Å². The van der Waals surface area contributed by atoms with Crippen LogP contribution in [0.2, 0.25) is 0 Å². The monoisotopic (exact) mass is 232 g/mol. The number of hydrogen-bond donors (Lipinski definition) is 2. The molecule has 0 aliphatic heterocycles. The third-order valence-electron chi connectivity index (χ3n) is 2.78. The van der Waals surface area contributed by atoms with Crippen molar-refractivity contribution in [2.75, 3.05) is 7.11 Å². The fourth-order valence-electron chi connectivity index (χ4n) is 1.90. The smallest absolute Gasteiger partial charge is 0.186 e. The molecule has 2 rings (SSSR count). The summed E-state index contributed by atoms with van der Waals surface area (Å²) in [6, 6.07) is 7.94. The van der Waals surface area contributed by atoms with Gasteiger partial charge in [-0.1, -0.05) is 36.4 Å². The topological polar surface area (TPSA) is 49.7 Å². The molecule has 0 atom stereocenters. The lowest BCUT2D eigenvalue weighted by atomic mass is 9.93.